The van der Waals surface area contributed by atoms with Crippen LogP contribution >= 0.6 is 23.2 Å². The second kappa shape index (κ2) is 13.4. The lowest BCUT2D eigenvalue weighted by atomic mass is 10.2. The summed E-state index contributed by atoms with van der Waals surface area (Å²) >= 11 is 11.1. The molecule has 1 aromatic rings. The number of nitrogens with zero attached hydrogens (tertiary/aromatic N) is 1. The van der Waals surface area contributed by atoms with Crippen LogP contribution in [0.25, 0.3) is 0 Å². The van der Waals surface area contributed by atoms with Crippen molar-refractivity contribution in [3.63, 3.8) is 0 Å². The number of rotatable bonds is 13. The Morgan fingerprint density at radius 2 is 1.59 bits per heavy atom. The molecular formula is C19H27Cl2NO5. The molecule has 0 aliphatic carbocycles. The average Bonchev–Trinajstić information content (AvgIpc) is 2.63. The molecule has 27 heavy (non-hydrogen) atoms. The molecular weight excluding hydrogens is 393 g/mol. The molecule has 0 radical (unpaired) electrons. The van der Waals surface area contributed by atoms with Crippen molar-refractivity contribution in [1.29, 1.82) is 0 Å². The normalized spacial score (nSPS) is 10.0. The largest absolute Gasteiger partial charge is 0.493 e. The van der Waals surface area contributed by atoms with Gasteiger partial charge in [-0.05, 0) is 39.2 Å². The summed E-state index contributed by atoms with van der Waals surface area (Å²) in [6.07, 6.45) is 4.30. The van der Waals surface area contributed by atoms with Crippen LogP contribution < -0.4 is 18.9 Å². The van der Waals surface area contributed by atoms with Gasteiger partial charge in [0.2, 0.25) is 5.75 Å². The monoisotopic (exact) mass is 419 g/mol. The zero-order valence-corrected chi connectivity index (χ0v) is 17.7. The Balaban J connectivity index is 2.55. The maximum Gasteiger partial charge on any atom is 0.203 e. The number of benzene rings is 1. The Kier molecular flexibility index (Phi) is 11.5. The fraction of sp³-hybridized carbons (Fsp3) is 0.526. The van der Waals surface area contributed by atoms with Gasteiger partial charge in [0.05, 0.1) is 26.5 Å². The van der Waals surface area contributed by atoms with E-state index in [-0.39, 0.29) is 11.1 Å². The summed E-state index contributed by atoms with van der Waals surface area (Å²) in [5.74, 6) is 2.16. The van der Waals surface area contributed by atoms with E-state index in [4.69, 9.17) is 47.0 Å². The highest BCUT2D eigenvalue weighted by Crippen LogP contribution is 2.41. The van der Waals surface area contributed by atoms with Gasteiger partial charge in [0.25, 0.3) is 0 Å². The second-order valence-electron chi connectivity index (χ2n) is 5.74. The second-order valence-corrected chi connectivity index (χ2v) is 6.75. The quantitative estimate of drug-likeness (QED) is 0.244. The van der Waals surface area contributed by atoms with Crippen molar-refractivity contribution in [1.82, 2.24) is 0 Å². The van der Waals surface area contributed by atoms with Gasteiger partial charge >= 0.3 is 0 Å². The number of oxime groups is 1. The number of unbranched alkanes of at least 4 members (excludes halogenated alkanes) is 2. The Morgan fingerprint density at radius 1 is 0.963 bits per heavy atom. The van der Waals surface area contributed by atoms with Crippen LogP contribution in [0.3, 0.4) is 0 Å². The number of methoxy groups -OCH3 is 2. The van der Waals surface area contributed by atoms with Crippen LogP contribution in [0.5, 0.6) is 23.0 Å². The molecule has 1 aromatic carbocycles. The van der Waals surface area contributed by atoms with Crippen LogP contribution in [0.15, 0.2) is 27.9 Å². The van der Waals surface area contributed by atoms with Crippen molar-refractivity contribution in [2.75, 3.05) is 34.0 Å². The van der Waals surface area contributed by atoms with Gasteiger partial charge in [-0.25, -0.2) is 0 Å². The van der Waals surface area contributed by atoms with Crippen molar-refractivity contribution < 1.29 is 23.8 Å². The molecule has 0 saturated heterocycles. The van der Waals surface area contributed by atoms with E-state index in [9.17, 15) is 0 Å². The highest BCUT2D eigenvalue weighted by atomic mass is 35.5. The molecule has 8 heteroatoms. The van der Waals surface area contributed by atoms with Crippen molar-refractivity contribution >= 4 is 28.9 Å². The van der Waals surface area contributed by atoms with Gasteiger partial charge in [-0.15, -0.1) is 0 Å². The molecule has 0 aliphatic rings. The summed E-state index contributed by atoms with van der Waals surface area (Å²) in [6, 6.07) is 3.46. The zero-order chi connectivity index (χ0) is 20.1. The van der Waals surface area contributed by atoms with Gasteiger partial charge in [0.1, 0.15) is 23.5 Å². The molecule has 0 N–H and O–H groups in total. The smallest absolute Gasteiger partial charge is 0.203 e. The van der Waals surface area contributed by atoms with Gasteiger partial charge < -0.3 is 23.8 Å². The predicted octanol–water partition coefficient (Wildman–Crippen LogP) is 5.36. The fourth-order valence-corrected chi connectivity index (χ4v) is 2.20. The van der Waals surface area contributed by atoms with E-state index in [0.29, 0.717) is 36.2 Å². The van der Waals surface area contributed by atoms with Crippen molar-refractivity contribution in [2.45, 2.75) is 33.1 Å². The Labute approximate surface area is 171 Å². The Bertz CT molecular complexity index is 602. The predicted molar refractivity (Wildman–Crippen MR) is 109 cm³/mol. The first-order chi connectivity index (χ1) is 13.0. The molecule has 0 aromatic heterocycles. The molecule has 0 amide bonds. The van der Waals surface area contributed by atoms with Gasteiger partial charge in [0.15, 0.2) is 11.5 Å². The minimum atomic E-state index is 0.149. The average molecular weight is 420 g/mol. The number of ether oxygens (including phenoxy) is 4. The molecule has 6 nitrogen and oxygen atoms in total. The third-order valence-corrected chi connectivity index (χ3v) is 3.60. The summed E-state index contributed by atoms with van der Waals surface area (Å²) in [6.45, 7) is 5.17. The fourth-order valence-electron chi connectivity index (χ4n) is 2.08. The van der Waals surface area contributed by atoms with Crippen LogP contribution in [0.1, 0.15) is 33.1 Å². The summed E-state index contributed by atoms with van der Waals surface area (Å²) in [4.78, 5) is 5.17. The molecule has 0 atom stereocenters. The molecule has 0 bridgehead atoms. The molecule has 152 valence electrons. The Hall–Kier alpha value is -1.79. The number of halogens is 2. The van der Waals surface area contributed by atoms with Gasteiger partial charge in [-0.1, -0.05) is 28.4 Å². The van der Waals surface area contributed by atoms with Crippen molar-refractivity contribution in [3.8, 4) is 23.0 Å². The van der Waals surface area contributed by atoms with Crippen LogP contribution in [0.4, 0.5) is 0 Å². The lowest BCUT2D eigenvalue weighted by Crippen LogP contribution is -2.03. The first-order valence-electron chi connectivity index (χ1n) is 8.63. The van der Waals surface area contributed by atoms with Gasteiger partial charge in [0, 0.05) is 12.1 Å². The molecule has 1 rings (SSSR count). The maximum absolute atomic E-state index is 5.86. The first kappa shape index (κ1) is 23.2. The number of hydrogen-bond donors (Lipinski definition) is 0. The maximum atomic E-state index is 5.86. The van der Waals surface area contributed by atoms with Crippen LogP contribution in [0.2, 0.25) is 0 Å². The van der Waals surface area contributed by atoms with E-state index >= 15 is 0 Å². The van der Waals surface area contributed by atoms with Crippen molar-refractivity contribution in [3.05, 3.63) is 22.7 Å². The van der Waals surface area contributed by atoms with Crippen LogP contribution in [0, 0.1) is 0 Å². The van der Waals surface area contributed by atoms with Crippen LogP contribution in [-0.2, 0) is 4.84 Å². The highest BCUT2D eigenvalue weighted by molar-refractivity contribution is 6.55. The molecule has 0 unspecified atom stereocenters. The van der Waals surface area contributed by atoms with Gasteiger partial charge in [-0.2, -0.15) is 0 Å². The summed E-state index contributed by atoms with van der Waals surface area (Å²) in [7, 11) is 3.13. The third kappa shape index (κ3) is 9.63. The minimum Gasteiger partial charge on any atom is -0.493 e. The van der Waals surface area contributed by atoms with Crippen LogP contribution in [-0.4, -0.2) is 39.8 Å². The van der Waals surface area contributed by atoms with E-state index in [2.05, 4.69) is 5.16 Å². The first-order valence-corrected chi connectivity index (χ1v) is 9.39. The van der Waals surface area contributed by atoms with E-state index in [1.54, 1.807) is 32.4 Å². The summed E-state index contributed by atoms with van der Waals surface area (Å²) in [5.41, 5.74) is 0.909. The molecule has 0 fully saturated rings. The Morgan fingerprint density at radius 3 is 2.15 bits per heavy atom. The SMILES string of the molecule is COc1cc(OCC=C(Cl)Cl)cc(OC)c1OCCCCCON=C(C)C. The van der Waals surface area contributed by atoms with E-state index in [1.165, 1.54) is 0 Å². The van der Waals surface area contributed by atoms with E-state index < -0.39 is 0 Å². The molecule has 0 saturated carbocycles. The molecule has 0 spiro atoms. The van der Waals surface area contributed by atoms with E-state index in [0.717, 1.165) is 25.0 Å². The number of hydrogen-bond acceptors (Lipinski definition) is 6. The topological polar surface area (TPSA) is 58.5 Å². The van der Waals surface area contributed by atoms with Gasteiger partial charge in [-0.3, -0.25) is 0 Å². The minimum absolute atomic E-state index is 0.149. The lowest BCUT2D eigenvalue weighted by Gasteiger charge is -2.16. The lowest BCUT2D eigenvalue weighted by molar-refractivity contribution is 0.138. The zero-order valence-electron chi connectivity index (χ0n) is 16.2. The van der Waals surface area contributed by atoms with E-state index in [1.807, 2.05) is 13.8 Å². The molecule has 0 aliphatic heterocycles. The molecule has 0 heterocycles. The standard InChI is InChI=1S/C19H27Cl2NO5/c1-14(2)22-27-10-7-5-6-9-26-19-16(23-3)12-15(13-17(19)24-4)25-11-8-18(20)21/h8,12-13H,5-7,9-11H2,1-4H3. The third-order valence-electron chi connectivity index (χ3n) is 3.30. The summed E-state index contributed by atoms with van der Waals surface area (Å²) in [5, 5.41) is 3.90. The summed E-state index contributed by atoms with van der Waals surface area (Å²) < 4.78 is 22.4. The highest BCUT2D eigenvalue weighted by Gasteiger charge is 2.15. The van der Waals surface area contributed by atoms with Crippen molar-refractivity contribution in [2.24, 2.45) is 5.16 Å².